The second-order valence-corrected chi connectivity index (χ2v) is 4.85. The van der Waals surface area contributed by atoms with Gasteiger partial charge in [0.2, 0.25) is 0 Å². The largest absolute Gasteiger partial charge is 0.353 e. The molecule has 0 bridgehead atoms. The first-order chi connectivity index (χ1) is 7.16. The summed E-state index contributed by atoms with van der Waals surface area (Å²) in [5, 5.41) is 0. The Morgan fingerprint density at radius 3 is 3.07 bits per heavy atom. The fourth-order valence-electron chi connectivity index (χ4n) is 3.17. The molecule has 0 radical (unpaired) electrons. The normalized spacial score (nSPS) is 39.3. The maximum Gasteiger partial charge on any atom is 0.158 e. The monoisotopic (exact) mass is 212 g/mol. The molecule has 2 fully saturated rings. The first kappa shape index (κ1) is 11.1. The average Bonchev–Trinajstić information content (AvgIpc) is 2.59. The van der Waals surface area contributed by atoms with Crippen LogP contribution in [0.25, 0.3) is 0 Å². The predicted molar refractivity (Wildman–Crippen MR) is 56.5 cm³/mol. The van der Waals surface area contributed by atoms with E-state index in [0.29, 0.717) is 13.0 Å². The standard InChI is InChI=1S/C12H20O3/c1-3-14-11-8-12(7-9(2)13)6-4-5-10(12)15-11/h10-11H,3-8H2,1-2H3/t10-,11-,12+/m1/s1. The van der Waals surface area contributed by atoms with Crippen LogP contribution in [0.4, 0.5) is 0 Å². The molecule has 86 valence electrons. The van der Waals surface area contributed by atoms with Gasteiger partial charge in [0.1, 0.15) is 5.78 Å². The summed E-state index contributed by atoms with van der Waals surface area (Å²) in [6.07, 6.45) is 5.18. The highest BCUT2D eigenvalue weighted by Gasteiger charge is 2.51. The van der Waals surface area contributed by atoms with Gasteiger partial charge >= 0.3 is 0 Å². The number of hydrogen-bond acceptors (Lipinski definition) is 3. The molecule has 0 unspecified atom stereocenters. The number of fused-ring (bicyclic) bond motifs is 1. The van der Waals surface area contributed by atoms with Crippen molar-refractivity contribution in [3.05, 3.63) is 0 Å². The SMILES string of the molecule is CCO[C@H]1C[C@@]2(CC(C)=O)CCC[C@H]2O1. The van der Waals surface area contributed by atoms with E-state index in [4.69, 9.17) is 9.47 Å². The van der Waals surface area contributed by atoms with Crippen molar-refractivity contribution in [2.75, 3.05) is 6.61 Å². The van der Waals surface area contributed by atoms with Crippen LogP contribution in [0.1, 0.15) is 46.0 Å². The quantitative estimate of drug-likeness (QED) is 0.717. The van der Waals surface area contributed by atoms with Gasteiger partial charge in [-0.15, -0.1) is 0 Å². The van der Waals surface area contributed by atoms with Crippen LogP contribution < -0.4 is 0 Å². The van der Waals surface area contributed by atoms with Crippen LogP contribution in [0.2, 0.25) is 0 Å². The van der Waals surface area contributed by atoms with Gasteiger partial charge in [-0.05, 0) is 26.7 Å². The number of carbonyl (C=O) groups is 1. The first-order valence-electron chi connectivity index (χ1n) is 5.93. The first-order valence-corrected chi connectivity index (χ1v) is 5.93. The number of carbonyl (C=O) groups excluding carboxylic acids is 1. The van der Waals surface area contributed by atoms with E-state index in [1.165, 1.54) is 6.42 Å². The Balaban J connectivity index is 2.04. The number of ether oxygens (including phenoxy) is 2. The number of ketones is 1. The van der Waals surface area contributed by atoms with E-state index in [1.807, 2.05) is 6.92 Å². The highest BCUT2D eigenvalue weighted by molar-refractivity contribution is 5.76. The van der Waals surface area contributed by atoms with Crippen LogP contribution in [-0.4, -0.2) is 24.8 Å². The van der Waals surface area contributed by atoms with Crippen molar-refractivity contribution in [2.45, 2.75) is 58.3 Å². The minimum absolute atomic E-state index is 0.0698. The molecule has 2 aliphatic rings. The fourth-order valence-corrected chi connectivity index (χ4v) is 3.17. The molecule has 0 aromatic rings. The number of hydrogen-bond donors (Lipinski definition) is 0. The van der Waals surface area contributed by atoms with E-state index in [1.54, 1.807) is 6.92 Å². The molecule has 15 heavy (non-hydrogen) atoms. The zero-order valence-electron chi connectivity index (χ0n) is 9.62. The van der Waals surface area contributed by atoms with E-state index >= 15 is 0 Å². The van der Waals surface area contributed by atoms with Gasteiger partial charge in [0.25, 0.3) is 0 Å². The Kier molecular flexibility index (Phi) is 3.12. The Hall–Kier alpha value is -0.410. The van der Waals surface area contributed by atoms with Crippen LogP contribution in [0.5, 0.6) is 0 Å². The summed E-state index contributed by atoms with van der Waals surface area (Å²) >= 11 is 0. The molecule has 1 aliphatic carbocycles. The Bertz CT molecular complexity index is 251. The Labute approximate surface area is 91.1 Å². The molecule has 0 N–H and O–H groups in total. The van der Waals surface area contributed by atoms with Crippen molar-refractivity contribution in [1.82, 2.24) is 0 Å². The van der Waals surface area contributed by atoms with E-state index in [9.17, 15) is 4.79 Å². The molecule has 1 saturated heterocycles. The van der Waals surface area contributed by atoms with E-state index in [2.05, 4.69) is 0 Å². The summed E-state index contributed by atoms with van der Waals surface area (Å²) in [6.45, 7) is 4.35. The summed E-state index contributed by atoms with van der Waals surface area (Å²) in [4.78, 5) is 11.3. The average molecular weight is 212 g/mol. The number of rotatable bonds is 4. The van der Waals surface area contributed by atoms with Gasteiger partial charge in [0.05, 0.1) is 6.10 Å². The van der Waals surface area contributed by atoms with Crippen molar-refractivity contribution in [3.63, 3.8) is 0 Å². The smallest absolute Gasteiger partial charge is 0.158 e. The van der Waals surface area contributed by atoms with Crippen LogP contribution in [0.3, 0.4) is 0 Å². The fraction of sp³-hybridized carbons (Fsp3) is 0.917. The summed E-state index contributed by atoms with van der Waals surface area (Å²) in [5.41, 5.74) is 0.103. The molecule has 1 heterocycles. The van der Waals surface area contributed by atoms with Crippen molar-refractivity contribution in [2.24, 2.45) is 5.41 Å². The van der Waals surface area contributed by atoms with Crippen molar-refractivity contribution >= 4 is 5.78 Å². The Morgan fingerprint density at radius 1 is 1.60 bits per heavy atom. The zero-order chi connectivity index (χ0) is 10.9. The molecule has 3 atom stereocenters. The van der Waals surface area contributed by atoms with Gasteiger partial charge in [-0.25, -0.2) is 0 Å². The summed E-state index contributed by atoms with van der Waals surface area (Å²) in [6, 6.07) is 0. The molecule has 0 amide bonds. The van der Waals surface area contributed by atoms with Crippen LogP contribution in [-0.2, 0) is 14.3 Å². The lowest BCUT2D eigenvalue weighted by atomic mass is 9.78. The number of Topliss-reactive ketones (excluding diaryl/α,β-unsaturated/α-hetero) is 1. The molecule has 1 saturated carbocycles. The Morgan fingerprint density at radius 2 is 2.40 bits per heavy atom. The lowest BCUT2D eigenvalue weighted by Crippen LogP contribution is -2.27. The van der Waals surface area contributed by atoms with Gasteiger partial charge in [0.15, 0.2) is 6.29 Å². The van der Waals surface area contributed by atoms with Gasteiger partial charge in [-0.2, -0.15) is 0 Å². The van der Waals surface area contributed by atoms with Crippen LogP contribution in [0, 0.1) is 5.41 Å². The highest BCUT2D eigenvalue weighted by atomic mass is 16.7. The maximum atomic E-state index is 11.3. The lowest BCUT2D eigenvalue weighted by molar-refractivity contribution is -0.132. The van der Waals surface area contributed by atoms with Crippen molar-refractivity contribution in [1.29, 1.82) is 0 Å². The maximum absolute atomic E-state index is 11.3. The summed E-state index contributed by atoms with van der Waals surface area (Å²) in [5.74, 6) is 0.280. The van der Waals surface area contributed by atoms with E-state index in [-0.39, 0.29) is 23.6 Å². The van der Waals surface area contributed by atoms with Crippen LogP contribution in [0.15, 0.2) is 0 Å². The van der Waals surface area contributed by atoms with E-state index in [0.717, 1.165) is 19.3 Å². The van der Waals surface area contributed by atoms with Crippen molar-refractivity contribution < 1.29 is 14.3 Å². The predicted octanol–water partition coefficient (Wildman–Crippen LogP) is 2.29. The minimum atomic E-state index is -0.0698. The second kappa shape index (κ2) is 4.22. The minimum Gasteiger partial charge on any atom is -0.353 e. The van der Waals surface area contributed by atoms with Crippen molar-refractivity contribution in [3.8, 4) is 0 Å². The van der Waals surface area contributed by atoms with E-state index < -0.39 is 0 Å². The van der Waals surface area contributed by atoms with Gasteiger partial charge in [-0.1, -0.05) is 6.42 Å². The summed E-state index contributed by atoms with van der Waals surface area (Å²) < 4.78 is 11.4. The third kappa shape index (κ3) is 2.08. The third-order valence-corrected chi connectivity index (χ3v) is 3.67. The molecule has 0 spiro atoms. The molecule has 0 aromatic carbocycles. The molecule has 3 heteroatoms. The zero-order valence-corrected chi connectivity index (χ0v) is 9.62. The lowest BCUT2D eigenvalue weighted by Gasteiger charge is -2.25. The highest BCUT2D eigenvalue weighted by Crippen LogP contribution is 2.52. The van der Waals surface area contributed by atoms with Gasteiger partial charge in [0, 0.05) is 24.9 Å². The van der Waals surface area contributed by atoms with Gasteiger partial charge < -0.3 is 14.3 Å². The topological polar surface area (TPSA) is 35.5 Å². The summed E-state index contributed by atoms with van der Waals surface area (Å²) in [7, 11) is 0. The van der Waals surface area contributed by atoms with Crippen LogP contribution >= 0.6 is 0 Å². The molecular weight excluding hydrogens is 192 g/mol. The molecular formula is C12H20O3. The molecule has 2 rings (SSSR count). The van der Waals surface area contributed by atoms with Gasteiger partial charge in [-0.3, -0.25) is 0 Å². The molecule has 0 aromatic heterocycles. The molecule has 1 aliphatic heterocycles. The molecule has 3 nitrogen and oxygen atoms in total. The third-order valence-electron chi connectivity index (χ3n) is 3.67. The second-order valence-electron chi connectivity index (χ2n) is 4.85.